The molecule has 3 heterocycles. The number of halogens is 1. The number of carbonyl (C=O) groups is 1. The summed E-state index contributed by atoms with van der Waals surface area (Å²) in [7, 11) is 3.87. The van der Waals surface area contributed by atoms with Crippen LogP contribution in [0.1, 0.15) is 24.0 Å². The van der Waals surface area contributed by atoms with Crippen LogP contribution in [0.4, 0.5) is 16.0 Å². The maximum atomic E-state index is 13.2. The Kier molecular flexibility index (Phi) is 5.62. The molecule has 1 N–H and O–H groups in total. The number of aromatic nitrogens is 2. The van der Waals surface area contributed by atoms with Gasteiger partial charge in [-0.2, -0.15) is 0 Å². The first-order valence-corrected chi connectivity index (χ1v) is 10.0. The number of anilines is 2. The third-order valence-electron chi connectivity index (χ3n) is 5.73. The maximum Gasteiger partial charge on any atom is 0.242 e. The van der Waals surface area contributed by atoms with Gasteiger partial charge in [0.2, 0.25) is 5.91 Å². The fourth-order valence-corrected chi connectivity index (χ4v) is 4.21. The van der Waals surface area contributed by atoms with Crippen molar-refractivity contribution in [3.63, 3.8) is 0 Å². The van der Waals surface area contributed by atoms with Gasteiger partial charge in [0.1, 0.15) is 23.8 Å². The maximum absolute atomic E-state index is 13.2. The molecule has 1 amide bonds. The molecule has 1 fully saturated rings. The summed E-state index contributed by atoms with van der Waals surface area (Å²) in [6.07, 6.45) is 3.47. The monoisotopic (exact) mass is 398 g/mol. The van der Waals surface area contributed by atoms with Crippen molar-refractivity contribution < 1.29 is 9.18 Å². The molecule has 0 radical (unpaired) electrons. The Balaban J connectivity index is 1.64. The van der Waals surface area contributed by atoms with Crippen LogP contribution in [-0.4, -0.2) is 60.5 Å². The fourth-order valence-electron chi connectivity index (χ4n) is 4.21. The summed E-state index contributed by atoms with van der Waals surface area (Å²) < 4.78 is 13.2. The molecule has 1 aromatic carbocycles. The number of rotatable bonds is 4. The van der Waals surface area contributed by atoms with Crippen molar-refractivity contribution in [3.05, 3.63) is 47.5 Å². The molecule has 154 valence electrons. The van der Waals surface area contributed by atoms with Crippen molar-refractivity contribution in [2.75, 3.05) is 43.5 Å². The zero-order valence-electron chi connectivity index (χ0n) is 16.9. The Labute approximate surface area is 170 Å². The summed E-state index contributed by atoms with van der Waals surface area (Å²) in [5.74, 6) is 1.49. The molecular weight excluding hydrogens is 371 g/mol. The van der Waals surface area contributed by atoms with E-state index in [2.05, 4.69) is 15.3 Å². The van der Waals surface area contributed by atoms with Gasteiger partial charge in [-0.3, -0.25) is 4.79 Å². The van der Waals surface area contributed by atoms with E-state index in [0.717, 1.165) is 48.7 Å². The van der Waals surface area contributed by atoms with E-state index in [4.69, 9.17) is 0 Å². The minimum absolute atomic E-state index is 0.129. The highest BCUT2D eigenvalue weighted by Crippen LogP contribution is 2.31. The second kappa shape index (κ2) is 8.32. The van der Waals surface area contributed by atoms with Crippen LogP contribution in [0.3, 0.4) is 0 Å². The summed E-state index contributed by atoms with van der Waals surface area (Å²) in [5.41, 5.74) is 1.96. The number of nitrogens with zero attached hydrogens (tertiary/aromatic N) is 5. The van der Waals surface area contributed by atoms with Gasteiger partial charge in [-0.15, -0.1) is 0 Å². The molecule has 0 bridgehead atoms. The van der Waals surface area contributed by atoms with Crippen LogP contribution in [-0.2, 0) is 17.9 Å². The third kappa shape index (κ3) is 4.17. The van der Waals surface area contributed by atoms with E-state index in [1.54, 1.807) is 18.5 Å². The van der Waals surface area contributed by atoms with Gasteiger partial charge < -0.3 is 20.0 Å². The molecular formula is C21H27FN6O. The lowest BCUT2D eigenvalue weighted by molar-refractivity contribution is -0.133. The predicted octanol–water partition coefficient (Wildman–Crippen LogP) is 1.78. The molecule has 29 heavy (non-hydrogen) atoms. The fraction of sp³-hybridized carbons (Fsp3) is 0.476. The Morgan fingerprint density at radius 2 is 1.90 bits per heavy atom. The number of amides is 1. The molecule has 7 nitrogen and oxygen atoms in total. The summed E-state index contributed by atoms with van der Waals surface area (Å²) >= 11 is 0. The van der Waals surface area contributed by atoms with Gasteiger partial charge in [0.15, 0.2) is 0 Å². The Hall–Kier alpha value is -2.74. The summed E-state index contributed by atoms with van der Waals surface area (Å²) in [6, 6.07) is 6.73. The Bertz CT molecular complexity index is 868. The normalized spacial score (nSPS) is 17.8. The van der Waals surface area contributed by atoms with Gasteiger partial charge in [-0.1, -0.05) is 12.1 Å². The number of benzene rings is 1. The first-order valence-electron chi connectivity index (χ1n) is 10.0. The van der Waals surface area contributed by atoms with Crippen LogP contribution >= 0.6 is 0 Å². The standard InChI is InChI=1S/C21H27FN6O/c1-26(11-15-3-5-16(22)6-4-15)20-18-12-28(17-7-9-23-10-8-17)19(29)13-27(2)21(18)25-14-24-20/h3-6,14,17,23H,7-13H2,1-2H3. The van der Waals surface area contributed by atoms with Crippen LogP contribution in [0.15, 0.2) is 30.6 Å². The summed E-state index contributed by atoms with van der Waals surface area (Å²) in [5, 5.41) is 3.37. The summed E-state index contributed by atoms with van der Waals surface area (Å²) in [4.78, 5) is 28.0. The number of fused-ring (bicyclic) bond motifs is 1. The molecule has 8 heteroatoms. The quantitative estimate of drug-likeness (QED) is 0.847. The van der Waals surface area contributed by atoms with Crippen LogP contribution in [0.5, 0.6) is 0 Å². The molecule has 0 spiro atoms. The average molecular weight is 398 g/mol. The summed E-state index contributed by atoms with van der Waals surface area (Å²) in [6.45, 7) is 3.27. The second-order valence-electron chi connectivity index (χ2n) is 7.84. The number of carbonyl (C=O) groups excluding carboxylic acids is 1. The van der Waals surface area contributed by atoms with E-state index in [-0.39, 0.29) is 17.8 Å². The molecule has 0 unspecified atom stereocenters. The molecule has 2 aliphatic heterocycles. The van der Waals surface area contributed by atoms with Gasteiger partial charge in [0.25, 0.3) is 0 Å². The molecule has 1 aromatic heterocycles. The van der Waals surface area contributed by atoms with Gasteiger partial charge in [-0.05, 0) is 43.6 Å². The SMILES string of the molecule is CN1CC(=O)N(C2CCNCC2)Cc2c1ncnc2N(C)Cc1ccc(F)cc1. The first kappa shape index (κ1) is 19.6. The van der Waals surface area contributed by atoms with Gasteiger partial charge in [0.05, 0.1) is 18.7 Å². The van der Waals surface area contributed by atoms with E-state index in [0.29, 0.717) is 19.6 Å². The smallest absolute Gasteiger partial charge is 0.242 e. The topological polar surface area (TPSA) is 64.6 Å². The molecule has 2 aromatic rings. The highest BCUT2D eigenvalue weighted by Gasteiger charge is 2.32. The first-order chi connectivity index (χ1) is 14.0. The zero-order valence-corrected chi connectivity index (χ0v) is 16.9. The van der Waals surface area contributed by atoms with Crippen molar-refractivity contribution in [2.24, 2.45) is 0 Å². The Morgan fingerprint density at radius 3 is 2.62 bits per heavy atom. The third-order valence-corrected chi connectivity index (χ3v) is 5.73. The van der Waals surface area contributed by atoms with Crippen molar-refractivity contribution >= 4 is 17.5 Å². The van der Waals surface area contributed by atoms with E-state index in [1.165, 1.54) is 12.1 Å². The predicted molar refractivity (Wildman–Crippen MR) is 110 cm³/mol. The van der Waals surface area contributed by atoms with Crippen LogP contribution in [0, 0.1) is 5.82 Å². The molecule has 0 atom stereocenters. The van der Waals surface area contributed by atoms with Crippen molar-refractivity contribution in [2.45, 2.75) is 32.0 Å². The van der Waals surface area contributed by atoms with E-state index >= 15 is 0 Å². The molecule has 2 aliphatic rings. The number of piperidine rings is 1. The molecule has 0 aliphatic carbocycles. The number of likely N-dealkylation sites (N-methyl/N-ethyl adjacent to an activating group) is 1. The van der Waals surface area contributed by atoms with Gasteiger partial charge >= 0.3 is 0 Å². The van der Waals surface area contributed by atoms with Crippen molar-refractivity contribution in [1.29, 1.82) is 0 Å². The molecule has 1 saturated heterocycles. The van der Waals surface area contributed by atoms with E-state index in [1.807, 2.05) is 28.8 Å². The second-order valence-corrected chi connectivity index (χ2v) is 7.84. The Morgan fingerprint density at radius 1 is 1.17 bits per heavy atom. The number of hydrogen-bond donors (Lipinski definition) is 1. The average Bonchev–Trinajstić information content (AvgIpc) is 2.86. The van der Waals surface area contributed by atoms with E-state index < -0.39 is 0 Å². The van der Waals surface area contributed by atoms with Crippen LogP contribution < -0.4 is 15.1 Å². The van der Waals surface area contributed by atoms with Gasteiger partial charge in [-0.25, -0.2) is 14.4 Å². The lowest BCUT2D eigenvalue weighted by Crippen LogP contribution is -2.47. The van der Waals surface area contributed by atoms with Crippen molar-refractivity contribution in [1.82, 2.24) is 20.2 Å². The van der Waals surface area contributed by atoms with Crippen molar-refractivity contribution in [3.8, 4) is 0 Å². The minimum atomic E-state index is -0.245. The highest BCUT2D eigenvalue weighted by atomic mass is 19.1. The number of nitrogens with one attached hydrogen (secondary N) is 1. The molecule has 0 saturated carbocycles. The molecule has 4 rings (SSSR count). The number of hydrogen-bond acceptors (Lipinski definition) is 6. The largest absolute Gasteiger partial charge is 0.355 e. The van der Waals surface area contributed by atoms with Crippen LogP contribution in [0.25, 0.3) is 0 Å². The highest BCUT2D eigenvalue weighted by molar-refractivity contribution is 5.84. The zero-order chi connectivity index (χ0) is 20.4. The van der Waals surface area contributed by atoms with E-state index in [9.17, 15) is 9.18 Å². The van der Waals surface area contributed by atoms with Gasteiger partial charge in [0, 0.05) is 26.7 Å². The van der Waals surface area contributed by atoms with Crippen LogP contribution in [0.2, 0.25) is 0 Å². The lowest BCUT2D eigenvalue weighted by Gasteiger charge is -2.34. The minimum Gasteiger partial charge on any atom is -0.355 e. The lowest BCUT2D eigenvalue weighted by atomic mass is 10.0.